The van der Waals surface area contributed by atoms with E-state index in [0.29, 0.717) is 79.2 Å². The smallest absolute Gasteiger partial charge is 0.262 e. The van der Waals surface area contributed by atoms with E-state index in [0.717, 1.165) is 51.9 Å². The van der Waals surface area contributed by atoms with Gasteiger partial charge in [-0.2, -0.15) is 17.2 Å². The van der Waals surface area contributed by atoms with Crippen molar-refractivity contribution < 1.29 is 66.0 Å². The van der Waals surface area contributed by atoms with Crippen molar-refractivity contribution in [1.82, 2.24) is 55.4 Å². The van der Waals surface area contributed by atoms with Gasteiger partial charge in [0.25, 0.3) is 40.1 Å². The van der Waals surface area contributed by atoms with E-state index in [1.807, 2.05) is 117 Å². The maximum atomic E-state index is 14.3. The molecule has 0 radical (unpaired) electrons. The molecule has 0 aliphatic carbocycles. The second-order valence-corrected chi connectivity index (χ2v) is 40.7. The van der Waals surface area contributed by atoms with Gasteiger partial charge in [-0.1, -0.05) is 146 Å². The van der Waals surface area contributed by atoms with Gasteiger partial charge in [-0.3, -0.25) is 19.2 Å². The molecule has 11 aromatic rings. The molecule has 4 atom stereocenters. The highest BCUT2D eigenvalue weighted by molar-refractivity contribution is 7.90. The van der Waals surface area contributed by atoms with E-state index in [4.69, 9.17) is 23.2 Å². The number of imidazole rings is 4. The molecule has 4 unspecified atom stereocenters. The van der Waals surface area contributed by atoms with Crippen LogP contribution in [0.1, 0.15) is 139 Å². The Hall–Kier alpha value is -9.93. The highest BCUT2D eigenvalue weighted by Gasteiger charge is 2.47. The molecule has 122 heavy (non-hydrogen) atoms. The lowest BCUT2D eigenvalue weighted by atomic mass is 9.78. The molecule has 33 heteroatoms. The summed E-state index contributed by atoms with van der Waals surface area (Å²) < 4.78 is 157. The molecular formula is C89H97Cl2F3N12O12S4. The van der Waals surface area contributed by atoms with E-state index in [2.05, 4.69) is 33.8 Å². The number of nitrogens with zero attached hydrogens (tertiary/aromatic N) is 12. The summed E-state index contributed by atoms with van der Waals surface area (Å²) >= 11 is 12.4. The Morgan fingerprint density at radius 3 is 1.07 bits per heavy atom. The first-order chi connectivity index (χ1) is 57.8. The summed E-state index contributed by atoms with van der Waals surface area (Å²) in [4.78, 5) is 67.5. The van der Waals surface area contributed by atoms with Crippen LogP contribution in [0.4, 0.5) is 13.2 Å². The largest absolute Gasteiger partial charge is 0.339 e. The number of carbonyl (C=O) groups excluding carboxylic acids is 4. The maximum Gasteiger partial charge on any atom is 0.262 e. The van der Waals surface area contributed by atoms with Crippen molar-refractivity contribution in [3.8, 4) is 0 Å². The average Bonchev–Trinajstić information content (AvgIpc) is 0.953. The first-order valence-corrected chi connectivity index (χ1v) is 46.3. The zero-order valence-electron chi connectivity index (χ0n) is 68.9. The fraction of sp³-hybridized carbons (Fsp3) is 0.348. The van der Waals surface area contributed by atoms with Crippen LogP contribution in [0, 0.1) is 73.7 Å². The van der Waals surface area contributed by atoms with Crippen LogP contribution in [0.2, 0.25) is 10.0 Å². The van der Waals surface area contributed by atoms with Gasteiger partial charge in [0.2, 0.25) is 0 Å². The molecule has 15 rings (SSSR count). The highest BCUT2D eigenvalue weighted by Crippen LogP contribution is 2.43. The van der Waals surface area contributed by atoms with E-state index in [-0.39, 0.29) is 116 Å². The number of ketones is 4. The summed E-state index contributed by atoms with van der Waals surface area (Å²) in [5, 5.41) is 1.22. The first-order valence-electron chi connectivity index (χ1n) is 39.8. The van der Waals surface area contributed by atoms with Crippen LogP contribution >= 0.6 is 23.2 Å². The lowest BCUT2D eigenvalue weighted by Crippen LogP contribution is -2.53. The number of sulfonamides is 4. The minimum Gasteiger partial charge on any atom is -0.339 e. The molecule has 4 saturated heterocycles. The summed E-state index contributed by atoms with van der Waals surface area (Å²) in [6.45, 7) is 12.4. The zero-order valence-corrected chi connectivity index (χ0v) is 73.7. The minimum atomic E-state index is -3.73. The van der Waals surface area contributed by atoms with Crippen molar-refractivity contribution in [2.75, 3.05) is 52.4 Å². The van der Waals surface area contributed by atoms with Crippen LogP contribution in [0.25, 0.3) is 0 Å². The number of hydrogen-bond donors (Lipinski definition) is 0. The second-order valence-electron chi connectivity index (χ2n) is 32.3. The molecule has 4 fully saturated rings. The molecule has 0 bridgehead atoms. The third-order valence-electron chi connectivity index (χ3n) is 22.7. The van der Waals surface area contributed by atoms with Crippen molar-refractivity contribution >= 4 is 86.4 Å². The molecule has 7 aromatic carbocycles. The summed E-state index contributed by atoms with van der Waals surface area (Å²) in [5.41, 5.74) is 6.13. The molecule has 8 heterocycles. The van der Waals surface area contributed by atoms with Crippen LogP contribution in [0.15, 0.2) is 234 Å². The normalized spacial score (nSPS) is 16.3. The van der Waals surface area contributed by atoms with Gasteiger partial charge in [0.15, 0.2) is 43.2 Å². The maximum absolute atomic E-state index is 14.3. The summed E-state index contributed by atoms with van der Waals surface area (Å²) in [6, 6.07) is 47.2. The van der Waals surface area contributed by atoms with Gasteiger partial charge in [0.1, 0.15) is 17.5 Å². The lowest BCUT2D eigenvalue weighted by molar-refractivity contribution is 0.0824. The SMILES string of the molecule is Cc1cc(C(=O)CC(c2ccccc2)C2CN(S(=O)(=O)c3cn(C)cn3)C2)ccc1Cl.Cc1ccc(C(=O)CC(CC(C)C)C2CN(S(=O)(=O)c3cn(C)cn3)C2)c(Cl)c1.Cc1ccc(C(=O)CC(c2ccccc2)C2CN(S(=O)(=O)c3cn(C)cn3)C2)c(F)c1.Cn1cnc(S(=O)(=O)N2CC(C(CC(=O)c3c(F)cccc3F)c3ccccc3)C2)c1. The molecule has 4 aliphatic rings. The van der Waals surface area contributed by atoms with E-state index < -0.39 is 68.9 Å². The van der Waals surface area contributed by atoms with Crippen LogP contribution in [-0.4, -0.2) is 165 Å². The number of benzene rings is 7. The Kier molecular flexibility index (Phi) is 29.1. The summed E-state index contributed by atoms with van der Waals surface area (Å²) in [6.07, 6.45) is 13.3. The van der Waals surface area contributed by atoms with Gasteiger partial charge in [-0.15, -0.1) is 0 Å². The number of aryl methyl sites for hydroxylation is 7. The lowest BCUT2D eigenvalue weighted by Gasteiger charge is -2.42. The predicted molar refractivity (Wildman–Crippen MR) is 458 cm³/mol. The molecule has 0 spiro atoms. The molecule has 0 N–H and O–H groups in total. The van der Waals surface area contributed by atoms with Crippen molar-refractivity contribution in [3.63, 3.8) is 0 Å². The van der Waals surface area contributed by atoms with Gasteiger partial charge in [0.05, 0.1) is 41.5 Å². The Bertz CT molecular complexity index is 6060. The second kappa shape index (κ2) is 38.9. The van der Waals surface area contributed by atoms with E-state index in [9.17, 15) is 66.0 Å². The number of halogens is 5. The van der Waals surface area contributed by atoms with Gasteiger partial charge in [-0.05, 0) is 168 Å². The third kappa shape index (κ3) is 21.5. The van der Waals surface area contributed by atoms with Gasteiger partial charge >= 0.3 is 0 Å². The Labute approximate surface area is 720 Å². The predicted octanol–water partition coefficient (Wildman–Crippen LogP) is 14.9. The van der Waals surface area contributed by atoms with Crippen molar-refractivity contribution in [3.05, 3.63) is 297 Å². The molecule has 644 valence electrons. The zero-order chi connectivity index (χ0) is 87.9. The number of carbonyl (C=O) groups is 4. The summed E-state index contributed by atoms with van der Waals surface area (Å²) in [5.74, 6) is -3.30. The quantitative estimate of drug-likeness (QED) is 0.0394. The van der Waals surface area contributed by atoms with Crippen LogP contribution in [0.5, 0.6) is 0 Å². The fourth-order valence-electron chi connectivity index (χ4n) is 15.7. The van der Waals surface area contributed by atoms with Crippen molar-refractivity contribution in [1.29, 1.82) is 0 Å². The van der Waals surface area contributed by atoms with Crippen LogP contribution < -0.4 is 0 Å². The Morgan fingerprint density at radius 1 is 0.385 bits per heavy atom. The van der Waals surface area contributed by atoms with E-state index in [1.54, 1.807) is 83.7 Å². The van der Waals surface area contributed by atoms with Gasteiger partial charge in [0, 0.05) is 147 Å². The molecule has 4 aliphatic heterocycles. The number of Topliss-reactive ketones (excluding diaryl/α,β-unsaturated/α-hetero) is 4. The topological polar surface area (TPSA) is 289 Å². The monoisotopic (exact) mass is 1780 g/mol. The number of hydrogen-bond acceptors (Lipinski definition) is 16. The van der Waals surface area contributed by atoms with Crippen LogP contribution in [0.3, 0.4) is 0 Å². The molecule has 0 saturated carbocycles. The average molecular weight is 1780 g/mol. The minimum absolute atomic E-state index is 0.0162. The molecule has 24 nitrogen and oxygen atoms in total. The Morgan fingerprint density at radius 2 is 0.730 bits per heavy atom. The standard InChI is InChI=1S/C23H24ClN3O3S.C23H24FN3O3S.C22H21F2N3O3S.C21H28ClN3O3S/c1-16-10-18(8-9-21(16)24)22(28)11-20(17-6-4-3-5-7-17)19-12-27(13-19)31(29,30)23-14-26(2)15-25-23;1-16-8-9-19(21(24)10-16)22(28)11-20(17-6-4-3-5-7-17)18-12-27(13-18)31(29,30)23-14-26(2)15-25-23;1-26-13-21(25-14-26)31(29,30)27-11-16(12-27)17(15-6-3-2-4-7-15)10-20(28)22-18(23)8-5-9-19(22)24;1-14(2)7-16(9-20(26)18-6-5-15(3)8-19(18)22)17-10-25(11-17)29(27,28)21-12-24(4)13-23-21/h3-10,14-15,19-20H,11-13H2,1-2H3;3-10,14-15,18,20H,11-13H2,1-2H3;2-9,13-14,16-17H,10-12H2,1H3;5-6,8,12-14,16-17H,7,9-11H2,1-4H3. The highest BCUT2D eigenvalue weighted by atomic mass is 35.5. The fourth-order valence-corrected chi connectivity index (χ4v) is 22.3. The van der Waals surface area contributed by atoms with E-state index in [1.165, 1.54) is 85.5 Å². The van der Waals surface area contributed by atoms with Crippen molar-refractivity contribution in [2.45, 2.75) is 105 Å². The van der Waals surface area contributed by atoms with E-state index >= 15 is 0 Å². The van der Waals surface area contributed by atoms with Gasteiger partial charge in [-0.25, -0.2) is 66.8 Å². The number of rotatable bonds is 29. The first kappa shape index (κ1) is 91.3. The number of aromatic nitrogens is 8. The molecule has 4 aromatic heterocycles. The molecular weight excluding hydrogens is 1690 g/mol. The third-order valence-corrected chi connectivity index (χ3v) is 30.3. The van der Waals surface area contributed by atoms with Crippen LogP contribution in [-0.2, 0) is 68.3 Å². The molecule has 0 amide bonds. The van der Waals surface area contributed by atoms with Crippen molar-refractivity contribution in [2.24, 2.45) is 63.7 Å². The Balaban J connectivity index is 0.000000149. The van der Waals surface area contributed by atoms with Gasteiger partial charge < -0.3 is 18.3 Å². The summed E-state index contributed by atoms with van der Waals surface area (Å²) in [7, 11) is -7.71.